The first-order chi connectivity index (χ1) is 14.4. The molecular weight excluding hydrogens is 390 g/mol. The number of carbonyl (C=O) groups is 2. The summed E-state index contributed by atoms with van der Waals surface area (Å²) in [5.41, 5.74) is 0.767. The molecule has 1 heterocycles. The lowest BCUT2D eigenvalue weighted by atomic mass is 10.1. The number of amides is 1. The highest BCUT2D eigenvalue weighted by Crippen LogP contribution is 2.28. The molecule has 0 unspecified atom stereocenters. The van der Waals surface area contributed by atoms with E-state index in [4.69, 9.17) is 9.47 Å². The summed E-state index contributed by atoms with van der Waals surface area (Å²) in [4.78, 5) is 40.0. The summed E-state index contributed by atoms with van der Waals surface area (Å²) < 4.78 is 10.9. The van der Waals surface area contributed by atoms with Crippen LogP contribution in [0.4, 0.5) is 11.4 Å². The standard InChI is InChI=1S/C21H23N3O6/c1-22(2)18-9-8-16(24(27)28)14-17(18)21(26)30-19(15-6-4-3-5-7-15)20(25)23-10-12-29-13-11-23/h3-9,14,19H,10-13H2,1-2H3/t19-/m0/s1. The van der Waals surface area contributed by atoms with Gasteiger partial charge in [-0.15, -0.1) is 0 Å². The molecule has 0 aliphatic carbocycles. The molecule has 3 rings (SSSR count). The van der Waals surface area contributed by atoms with Crippen LogP contribution in [0.15, 0.2) is 48.5 Å². The van der Waals surface area contributed by atoms with Gasteiger partial charge in [-0.2, -0.15) is 0 Å². The summed E-state index contributed by atoms with van der Waals surface area (Å²) in [5, 5.41) is 11.2. The van der Waals surface area contributed by atoms with E-state index in [-0.39, 0.29) is 17.2 Å². The van der Waals surface area contributed by atoms with Crippen molar-refractivity contribution < 1.29 is 24.0 Å². The van der Waals surface area contributed by atoms with Crippen LogP contribution in [-0.4, -0.2) is 62.1 Å². The van der Waals surface area contributed by atoms with E-state index in [2.05, 4.69) is 0 Å². The molecule has 0 spiro atoms. The lowest BCUT2D eigenvalue weighted by Crippen LogP contribution is -2.44. The largest absolute Gasteiger partial charge is 0.444 e. The second-order valence-corrected chi connectivity index (χ2v) is 6.99. The van der Waals surface area contributed by atoms with Crippen LogP contribution >= 0.6 is 0 Å². The summed E-state index contributed by atoms with van der Waals surface area (Å²) in [6.07, 6.45) is -1.16. The zero-order chi connectivity index (χ0) is 21.7. The average molecular weight is 413 g/mol. The van der Waals surface area contributed by atoms with E-state index < -0.39 is 17.0 Å². The van der Waals surface area contributed by atoms with Gasteiger partial charge in [0.1, 0.15) is 0 Å². The van der Waals surface area contributed by atoms with Gasteiger partial charge in [0.15, 0.2) is 0 Å². The minimum atomic E-state index is -1.16. The first-order valence-electron chi connectivity index (χ1n) is 9.46. The number of morpholine rings is 1. The van der Waals surface area contributed by atoms with E-state index in [0.29, 0.717) is 37.6 Å². The van der Waals surface area contributed by atoms with Crippen molar-refractivity contribution in [3.8, 4) is 0 Å². The van der Waals surface area contributed by atoms with Gasteiger partial charge in [-0.3, -0.25) is 14.9 Å². The Kier molecular flexibility index (Phi) is 6.63. The van der Waals surface area contributed by atoms with E-state index in [1.165, 1.54) is 18.2 Å². The van der Waals surface area contributed by atoms with Crippen LogP contribution in [0.5, 0.6) is 0 Å². The van der Waals surface area contributed by atoms with Crippen molar-refractivity contribution in [3.63, 3.8) is 0 Å². The number of anilines is 1. The van der Waals surface area contributed by atoms with Crippen LogP contribution in [0.3, 0.4) is 0 Å². The van der Waals surface area contributed by atoms with Crippen LogP contribution in [0.1, 0.15) is 22.0 Å². The van der Waals surface area contributed by atoms with Gasteiger partial charge in [0, 0.05) is 44.9 Å². The highest BCUT2D eigenvalue weighted by Gasteiger charge is 2.32. The van der Waals surface area contributed by atoms with Crippen LogP contribution in [0, 0.1) is 10.1 Å². The Labute approximate surface area is 173 Å². The monoisotopic (exact) mass is 413 g/mol. The number of ether oxygens (including phenoxy) is 2. The SMILES string of the molecule is CN(C)c1ccc([N+](=O)[O-])cc1C(=O)O[C@H](C(=O)N1CCOCC1)c1ccccc1. The molecule has 0 radical (unpaired) electrons. The van der Waals surface area contributed by atoms with Gasteiger partial charge in [0.2, 0.25) is 6.10 Å². The van der Waals surface area contributed by atoms with Gasteiger partial charge >= 0.3 is 5.97 Å². The molecule has 0 bridgehead atoms. The predicted octanol–water partition coefficient (Wildman–Crippen LogP) is 2.42. The lowest BCUT2D eigenvalue weighted by Gasteiger charge is -2.30. The number of rotatable bonds is 6. The zero-order valence-corrected chi connectivity index (χ0v) is 16.8. The van der Waals surface area contributed by atoms with E-state index >= 15 is 0 Å². The van der Waals surface area contributed by atoms with Crippen molar-refractivity contribution in [2.75, 3.05) is 45.3 Å². The normalized spacial score (nSPS) is 14.7. The predicted molar refractivity (Wildman–Crippen MR) is 109 cm³/mol. The summed E-state index contributed by atoms with van der Waals surface area (Å²) in [5.74, 6) is -1.16. The smallest absolute Gasteiger partial charge is 0.341 e. The second kappa shape index (κ2) is 9.36. The summed E-state index contributed by atoms with van der Waals surface area (Å²) in [6.45, 7) is 1.63. The average Bonchev–Trinajstić information content (AvgIpc) is 2.77. The third-order valence-corrected chi connectivity index (χ3v) is 4.77. The van der Waals surface area contributed by atoms with Gasteiger partial charge in [0.05, 0.1) is 29.4 Å². The molecule has 9 heteroatoms. The fourth-order valence-electron chi connectivity index (χ4n) is 3.20. The first kappa shape index (κ1) is 21.3. The maximum absolute atomic E-state index is 13.1. The Bertz CT molecular complexity index is 926. The topological polar surface area (TPSA) is 102 Å². The number of carbonyl (C=O) groups excluding carboxylic acids is 2. The number of nitro groups is 1. The molecule has 1 aliphatic heterocycles. The molecule has 2 aromatic rings. The highest BCUT2D eigenvalue weighted by molar-refractivity contribution is 5.98. The number of non-ortho nitro benzene ring substituents is 1. The third-order valence-electron chi connectivity index (χ3n) is 4.77. The number of hydrogen-bond acceptors (Lipinski definition) is 7. The Morgan fingerprint density at radius 1 is 1.13 bits per heavy atom. The summed E-state index contributed by atoms with van der Waals surface area (Å²) in [6, 6.07) is 12.7. The van der Waals surface area contributed by atoms with Crippen molar-refractivity contribution in [1.29, 1.82) is 0 Å². The molecule has 1 aliphatic rings. The number of nitrogens with zero attached hydrogens (tertiary/aromatic N) is 3. The van der Waals surface area contributed by atoms with Crippen molar-refractivity contribution in [2.45, 2.75) is 6.10 Å². The molecule has 158 valence electrons. The van der Waals surface area contributed by atoms with Gasteiger partial charge in [0.25, 0.3) is 11.6 Å². The molecule has 0 aromatic heterocycles. The van der Waals surface area contributed by atoms with Crippen LogP contribution in [-0.2, 0) is 14.3 Å². The van der Waals surface area contributed by atoms with Crippen molar-refractivity contribution in [2.24, 2.45) is 0 Å². The molecule has 0 N–H and O–H groups in total. The summed E-state index contributed by atoms with van der Waals surface area (Å²) >= 11 is 0. The summed E-state index contributed by atoms with van der Waals surface area (Å²) in [7, 11) is 3.43. The van der Waals surface area contributed by atoms with E-state index in [9.17, 15) is 19.7 Å². The fourth-order valence-corrected chi connectivity index (χ4v) is 3.20. The Morgan fingerprint density at radius 3 is 2.40 bits per heavy atom. The van der Waals surface area contributed by atoms with Crippen LogP contribution in [0.2, 0.25) is 0 Å². The Balaban J connectivity index is 1.94. The molecule has 30 heavy (non-hydrogen) atoms. The highest BCUT2D eigenvalue weighted by atomic mass is 16.6. The lowest BCUT2D eigenvalue weighted by molar-refractivity contribution is -0.384. The number of benzene rings is 2. The van der Waals surface area contributed by atoms with Crippen LogP contribution < -0.4 is 4.90 Å². The minimum Gasteiger partial charge on any atom is -0.444 e. The van der Waals surface area contributed by atoms with Crippen molar-refractivity contribution in [1.82, 2.24) is 4.90 Å². The molecule has 0 saturated carbocycles. The van der Waals surface area contributed by atoms with Crippen LogP contribution in [0.25, 0.3) is 0 Å². The molecule has 9 nitrogen and oxygen atoms in total. The number of nitro benzene ring substituents is 1. The quantitative estimate of drug-likeness (QED) is 0.407. The third kappa shape index (κ3) is 4.74. The maximum Gasteiger partial charge on any atom is 0.341 e. The second-order valence-electron chi connectivity index (χ2n) is 6.99. The number of hydrogen-bond donors (Lipinski definition) is 0. The molecule has 1 fully saturated rings. The van der Waals surface area contributed by atoms with Crippen molar-refractivity contribution in [3.05, 3.63) is 69.8 Å². The zero-order valence-electron chi connectivity index (χ0n) is 16.8. The molecule has 2 aromatic carbocycles. The van der Waals surface area contributed by atoms with Crippen molar-refractivity contribution >= 4 is 23.3 Å². The molecule has 1 saturated heterocycles. The molecule has 1 atom stereocenters. The number of esters is 1. The Morgan fingerprint density at radius 2 is 1.80 bits per heavy atom. The maximum atomic E-state index is 13.1. The minimum absolute atomic E-state index is 0.0184. The van der Waals surface area contributed by atoms with E-state index in [1.807, 2.05) is 0 Å². The fraction of sp³-hybridized carbons (Fsp3) is 0.333. The van der Waals surface area contributed by atoms with E-state index in [1.54, 1.807) is 54.2 Å². The first-order valence-corrected chi connectivity index (χ1v) is 9.46. The van der Waals surface area contributed by atoms with Gasteiger partial charge in [-0.05, 0) is 6.07 Å². The van der Waals surface area contributed by atoms with Gasteiger partial charge in [-0.1, -0.05) is 30.3 Å². The Hall–Kier alpha value is -3.46. The van der Waals surface area contributed by atoms with Gasteiger partial charge in [-0.25, -0.2) is 4.79 Å². The molecule has 1 amide bonds. The van der Waals surface area contributed by atoms with E-state index in [0.717, 1.165) is 0 Å². The molecular formula is C21H23N3O6. The van der Waals surface area contributed by atoms with Gasteiger partial charge < -0.3 is 19.3 Å².